The number of H-pyrrole nitrogens is 1. The van der Waals surface area contributed by atoms with Gasteiger partial charge in [-0.3, -0.25) is 4.98 Å². The molecular formula is C17H13N3OS. The molecule has 0 bridgehead atoms. The first-order chi connectivity index (χ1) is 10.8. The van der Waals surface area contributed by atoms with Gasteiger partial charge in [-0.15, -0.1) is 0 Å². The number of nitrogens with one attached hydrogen (secondary N) is 1. The zero-order valence-electron chi connectivity index (χ0n) is 11.7. The van der Waals surface area contributed by atoms with E-state index < -0.39 is 0 Å². The van der Waals surface area contributed by atoms with Crippen molar-refractivity contribution in [2.75, 3.05) is 0 Å². The first-order valence-electron chi connectivity index (χ1n) is 6.94. The quantitative estimate of drug-likeness (QED) is 0.559. The van der Waals surface area contributed by atoms with Crippen LogP contribution in [-0.2, 0) is 5.75 Å². The first kappa shape index (κ1) is 13.2. The molecule has 4 aromatic rings. The highest BCUT2D eigenvalue weighted by atomic mass is 32.2. The Morgan fingerprint density at radius 1 is 1.05 bits per heavy atom. The van der Waals surface area contributed by atoms with Crippen LogP contribution >= 0.6 is 11.8 Å². The number of aromatic hydroxyl groups is 1. The number of phenols is 1. The lowest BCUT2D eigenvalue weighted by molar-refractivity contribution is 0.480. The highest BCUT2D eigenvalue weighted by Gasteiger charge is 2.08. The van der Waals surface area contributed by atoms with Crippen molar-refractivity contribution in [2.24, 2.45) is 0 Å². The average molecular weight is 307 g/mol. The Kier molecular flexibility index (Phi) is 3.20. The Labute approximate surface area is 131 Å². The molecule has 4 rings (SSSR count). The van der Waals surface area contributed by atoms with Crippen LogP contribution in [0.2, 0.25) is 0 Å². The largest absolute Gasteiger partial charge is 0.506 e. The summed E-state index contributed by atoms with van der Waals surface area (Å²) in [6.07, 6.45) is 1.69. The van der Waals surface area contributed by atoms with E-state index in [2.05, 4.69) is 15.0 Å². The van der Waals surface area contributed by atoms with Crippen molar-refractivity contribution in [3.63, 3.8) is 0 Å². The van der Waals surface area contributed by atoms with Crippen molar-refractivity contribution in [1.82, 2.24) is 15.0 Å². The van der Waals surface area contributed by atoms with Crippen molar-refractivity contribution in [1.29, 1.82) is 0 Å². The van der Waals surface area contributed by atoms with E-state index in [4.69, 9.17) is 0 Å². The van der Waals surface area contributed by atoms with E-state index in [1.165, 1.54) is 0 Å². The van der Waals surface area contributed by atoms with E-state index in [1.807, 2.05) is 42.5 Å². The number of nitrogens with zero attached hydrogens (tertiary/aromatic N) is 2. The summed E-state index contributed by atoms with van der Waals surface area (Å²) in [5.41, 5.74) is 3.79. The van der Waals surface area contributed by atoms with Crippen molar-refractivity contribution >= 4 is 33.7 Å². The van der Waals surface area contributed by atoms with E-state index in [-0.39, 0.29) is 5.75 Å². The van der Waals surface area contributed by atoms with E-state index in [0.717, 1.165) is 32.9 Å². The summed E-state index contributed by atoms with van der Waals surface area (Å²) < 4.78 is 0. The molecule has 108 valence electrons. The smallest absolute Gasteiger partial charge is 0.166 e. The topological polar surface area (TPSA) is 61.8 Å². The number of fused-ring (bicyclic) bond motifs is 2. The Morgan fingerprint density at radius 3 is 2.86 bits per heavy atom. The minimum absolute atomic E-state index is 0.216. The number of rotatable bonds is 3. The Bertz CT molecular complexity index is 931. The summed E-state index contributed by atoms with van der Waals surface area (Å²) in [5.74, 6) is 0.982. The number of benzene rings is 2. The van der Waals surface area contributed by atoms with Gasteiger partial charge in [-0.05, 0) is 29.8 Å². The summed E-state index contributed by atoms with van der Waals surface area (Å²) >= 11 is 1.64. The zero-order chi connectivity index (χ0) is 14.9. The summed E-state index contributed by atoms with van der Waals surface area (Å²) in [6, 6.07) is 15.5. The predicted octanol–water partition coefficient (Wildman–Crippen LogP) is 4.11. The standard InChI is InChI=1S/C17H13N3OS/c21-15-8-7-11(12-4-3-9-18-16(12)15)10-22-17-19-13-5-1-2-6-14(13)20-17/h1-9,21H,10H2,(H,19,20). The predicted molar refractivity (Wildman–Crippen MR) is 89.1 cm³/mol. The van der Waals surface area contributed by atoms with Crippen molar-refractivity contribution < 1.29 is 5.11 Å². The van der Waals surface area contributed by atoms with Gasteiger partial charge in [0.05, 0.1) is 11.0 Å². The van der Waals surface area contributed by atoms with E-state index in [1.54, 1.807) is 24.0 Å². The van der Waals surface area contributed by atoms with Crippen molar-refractivity contribution in [3.8, 4) is 5.75 Å². The molecule has 0 aliphatic carbocycles. The average Bonchev–Trinajstić information content (AvgIpc) is 2.97. The highest BCUT2D eigenvalue weighted by molar-refractivity contribution is 7.98. The van der Waals surface area contributed by atoms with Crippen LogP contribution in [0.15, 0.2) is 59.9 Å². The number of hydrogen-bond donors (Lipinski definition) is 2. The van der Waals surface area contributed by atoms with Crippen molar-refractivity contribution in [3.05, 3.63) is 60.3 Å². The second-order valence-electron chi connectivity index (χ2n) is 4.99. The maximum absolute atomic E-state index is 9.89. The maximum atomic E-state index is 9.89. The summed E-state index contributed by atoms with van der Waals surface area (Å²) in [4.78, 5) is 12.1. The number of phenolic OH excluding ortho intramolecular Hbond substituents is 1. The number of para-hydroxylation sites is 2. The molecule has 0 atom stereocenters. The molecule has 0 fully saturated rings. The molecular weight excluding hydrogens is 294 g/mol. The van der Waals surface area contributed by atoms with Crippen LogP contribution in [0.3, 0.4) is 0 Å². The molecule has 22 heavy (non-hydrogen) atoms. The molecule has 0 radical (unpaired) electrons. The fourth-order valence-electron chi connectivity index (χ4n) is 2.49. The van der Waals surface area contributed by atoms with Crippen molar-refractivity contribution in [2.45, 2.75) is 10.9 Å². The fraction of sp³-hybridized carbons (Fsp3) is 0.0588. The van der Waals surface area contributed by atoms with E-state index in [9.17, 15) is 5.11 Å². The third-order valence-electron chi connectivity index (χ3n) is 3.57. The minimum Gasteiger partial charge on any atom is -0.506 e. The van der Waals surface area contributed by atoms with Gasteiger partial charge in [0, 0.05) is 17.3 Å². The van der Waals surface area contributed by atoms with Crippen LogP contribution in [0, 0.1) is 0 Å². The van der Waals surface area contributed by atoms with Gasteiger partial charge in [-0.2, -0.15) is 0 Å². The van der Waals surface area contributed by atoms with Gasteiger partial charge in [0.1, 0.15) is 11.3 Å². The number of aromatic amines is 1. The molecule has 2 aromatic carbocycles. The zero-order valence-corrected chi connectivity index (χ0v) is 12.5. The Hall–Kier alpha value is -2.53. The van der Waals surface area contributed by atoms with E-state index in [0.29, 0.717) is 5.52 Å². The van der Waals surface area contributed by atoms with Gasteiger partial charge in [0.2, 0.25) is 0 Å². The third-order valence-corrected chi connectivity index (χ3v) is 4.49. The van der Waals surface area contributed by atoms with Crippen LogP contribution in [0.1, 0.15) is 5.56 Å². The molecule has 2 N–H and O–H groups in total. The maximum Gasteiger partial charge on any atom is 0.166 e. The third kappa shape index (κ3) is 2.29. The number of pyridine rings is 1. The molecule has 4 nitrogen and oxygen atoms in total. The molecule has 2 heterocycles. The first-order valence-corrected chi connectivity index (χ1v) is 7.93. The second-order valence-corrected chi connectivity index (χ2v) is 5.96. The Balaban J connectivity index is 1.65. The number of imidazole rings is 1. The monoisotopic (exact) mass is 307 g/mol. The second kappa shape index (κ2) is 5.35. The van der Waals surface area contributed by atoms with Gasteiger partial charge < -0.3 is 10.1 Å². The number of thioether (sulfide) groups is 1. The summed E-state index contributed by atoms with van der Waals surface area (Å²) in [7, 11) is 0. The van der Waals surface area contributed by atoms with Gasteiger partial charge >= 0.3 is 0 Å². The molecule has 0 aliphatic heterocycles. The van der Waals surface area contributed by atoms with Crippen LogP contribution in [0.4, 0.5) is 0 Å². The van der Waals surface area contributed by atoms with Crippen LogP contribution in [0.25, 0.3) is 21.9 Å². The lowest BCUT2D eigenvalue weighted by Gasteiger charge is -2.06. The van der Waals surface area contributed by atoms with Gasteiger partial charge in [-0.1, -0.05) is 36.0 Å². The molecule has 0 spiro atoms. The van der Waals surface area contributed by atoms with Crippen LogP contribution < -0.4 is 0 Å². The van der Waals surface area contributed by atoms with Gasteiger partial charge in [-0.25, -0.2) is 4.98 Å². The van der Waals surface area contributed by atoms with Crippen LogP contribution in [0.5, 0.6) is 5.75 Å². The van der Waals surface area contributed by atoms with E-state index >= 15 is 0 Å². The molecule has 5 heteroatoms. The van der Waals surface area contributed by atoms with Gasteiger partial charge in [0.25, 0.3) is 0 Å². The number of aromatic nitrogens is 3. The summed E-state index contributed by atoms with van der Waals surface area (Å²) in [6.45, 7) is 0. The summed E-state index contributed by atoms with van der Waals surface area (Å²) in [5, 5.41) is 11.8. The Morgan fingerprint density at radius 2 is 1.95 bits per heavy atom. The molecule has 0 amide bonds. The number of hydrogen-bond acceptors (Lipinski definition) is 4. The lowest BCUT2D eigenvalue weighted by Crippen LogP contribution is -1.87. The normalized spacial score (nSPS) is 11.3. The minimum atomic E-state index is 0.216. The SMILES string of the molecule is Oc1ccc(CSc2nc3ccccc3[nH]2)c2cccnc12. The molecule has 0 unspecified atom stereocenters. The molecule has 0 saturated carbocycles. The van der Waals surface area contributed by atoms with Gasteiger partial charge in [0.15, 0.2) is 5.16 Å². The highest BCUT2D eigenvalue weighted by Crippen LogP contribution is 2.30. The lowest BCUT2D eigenvalue weighted by atomic mass is 10.1. The fourth-order valence-corrected chi connectivity index (χ4v) is 3.38. The molecule has 0 aliphatic rings. The van der Waals surface area contributed by atoms with Crippen LogP contribution in [-0.4, -0.2) is 20.1 Å². The molecule has 0 saturated heterocycles. The molecule has 2 aromatic heterocycles.